The van der Waals surface area contributed by atoms with Crippen molar-refractivity contribution in [2.75, 3.05) is 16.4 Å². The zero-order valence-corrected chi connectivity index (χ0v) is 14.5. The zero-order valence-electron chi connectivity index (χ0n) is 14.5. The van der Waals surface area contributed by atoms with E-state index in [1.165, 1.54) is 12.3 Å². The van der Waals surface area contributed by atoms with E-state index in [2.05, 4.69) is 15.6 Å². The van der Waals surface area contributed by atoms with Crippen molar-refractivity contribution in [3.05, 3.63) is 66.1 Å². The fourth-order valence-electron chi connectivity index (χ4n) is 2.55. The van der Waals surface area contributed by atoms with Gasteiger partial charge in [0.15, 0.2) is 0 Å². The lowest BCUT2D eigenvalue weighted by Gasteiger charge is -2.11. The number of anilines is 3. The molecule has 2 amide bonds. The molecule has 6 nitrogen and oxygen atoms in total. The molecule has 0 saturated heterocycles. The van der Waals surface area contributed by atoms with Gasteiger partial charge in [-0.05, 0) is 47.8 Å². The van der Waals surface area contributed by atoms with Crippen LogP contribution in [0.1, 0.15) is 5.56 Å². The number of nitrogen functional groups attached to an aromatic ring is 1. The molecule has 3 aromatic rings. The lowest BCUT2D eigenvalue weighted by molar-refractivity contribution is 0.262. The molecule has 27 heavy (non-hydrogen) atoms. The van der Waals surface area contributed by atoms with Crippen LogP contribution in [0.5, 0.6) is 0 Å². The van der Waals surface area contributed by atoms with Crippen molar-refractivity contribution in [1.82, 2.24) is 4.98 Å². The predicted octanol–water partition coefficient (Wildman–Crippen LogP) is 2.66. The van der Waals surface area contributed by atoms with Gasteiger partial charge in [-0.25, -0.2) is 14.2 Å². The van der Waals surface area contributed by atoms with E-state index in [1.807, 2.05) is 6.92 Å². The quantitative estimate of drug-likeness (QED) is 0.536. The molecule has 5 N–H and O–H groups in total. The van der Waals surface area contributed by atoms with Gasteiger partial charge < -0.3 is 21.4 Å². The number of amides is 2. The molecule has 0 fully saturated rings. The summed E-state index contributed by atoms with van der Waals surface area (Å²) in [5.41, 5.74) is 9.33. The highest BCUT2D eigenvalue weighted by atomic mass is 19.1. The van der Waals surface area contributed by atoms with Crippen molar-refractivity contribution >= 4 is 36.2 Å². The number of nitrogens with two attached hydrogens (primary N) is 1. The standard InChI is InChI=1S/C19H17BFN4O2/c1-11-2-7-16(21)17(8-11)25-19(26)24-14-5-3-12(4-6-14)15-9-13(20-27)10-23-18(15)22/h2-10,27H,1H3,(H2,22,23)(H2,24,25,26). The van der Waals surface area contributed by atoms with Gasteiger partial charge in [-0.3, -0.25) is 0 Å². The molecule has 0 bridgehead atoms. The van der Waals surface area contributed by atoms with Gasteiger partial charge in [-0.2, -0.15) is 0 Å². The number of carbonyl (C=O) groups excluding carboxylic acids is 1. The molecule has 0 saturated carbocycles. The first kappa shape index (κ1) is 18.4. The summed E-state index contributed by atoms with van der Waals surface area (Å²) in [6.45, 7) is 1.81. The summed E-state index contributed by atoms with van der Waals surface area (Å²) in [7, 11) is 0.945. The second-order valence-electron chi connectivity index (χ2n) is 5.97. The lowest BCUT2D eigenvalue weighted by atomic mass is 9.88. The molecule has 0 spiro atoms. The number of urea groups is 1. The van der Waals surface area contributed by atoms with Gasteiger partial charge in [-0.1, -0.05) is 24.3 Å². The molecule has 1 radical (unpaired) electrons. The van der Waals surface area contributed by atoms with Crippen molar-refractivity contribution in [3.63, 3.8) is 0 Å². The van der Waals surface area contributed by atoms with Gasteiger partial charge in [-0.15, -0.1) is 0 Å². The third-order valence-corrected chi connectivity index (χ3v) is 3.91. The van der Waals surface area contributed by atoms with E-state index in [-0.39, 0.29) is 5.69 Å². The number of hydrogen-bond acceptors (Lipinski definition) is 4. The fraction of sp³-hybridized carbons (Fsp3) is 0.0526. The Kier molecular flexibility index (Phi) is 5.37. The fourth-order valence-corrected chi connectivity index (χ4v) is 2.55. The normalized spacial score (nSPS) is 10.3. The summed E-state index contributed by atoms with van der Waals surface area (Å²) in [6, 6.07) is 12.5. The highest BCUT2D eigenvalue weighted by Gasteiger charge is 2.09. The maximum Gasteiger partial charge on any atom is 0.328 e. The Balaban J connectivity index is 1.72. The van der Waals surface area contributed by atoms with Crippen LogP contribution in [-0.2, 0) is 0 Å². The monoisotopic (exact) mass is 363 g/mol. The second kappa shape index (κ2) is 7.88. The number of pyridine rings is 1. The van der Waals surface area contributed by atoms with Crippen molar-refractivity contribution in [1.29, 1.82) is 0 Å². The van der Waals surface area contributed by atoms with E-state index in [9.17, 15) is 9.18 Å². The Labute approximate surface area is 156 Å². The summed E-state index contributed by atoms with van der Waals surface area (Å²) in [5, 5.41) is 14.2. The van der Waals surface area contributed by atoms with E-state index in [4.69, 9.17) is 10.8 Å². The lowest BCUT2D eigenvalue weighted by Crippen LogP contribution is -2.20. The van der Waals surface area contributed by atoms with Gasteiger partial charge in [0, 0.05) is 17.4 Å². The summed E-state index contributed by atoms with van der Waals surface area (Å²) in [4.78, 5) is 16.1. The van der Waals surface area contributed by atoms with Crippen LogP contribution in [0.3, 0.4) is 0 Å². The van der Waals surface area contributed by atoms with Crippen LogP contribution in [-0.4, -0.2) is 23.5 Å². The number of benzene rings is 2. The number of nitrogens with one attached hydrogen (secondary N) is 2. The Morgan fingerprint density at radius 2 is 1.89 bits per heavy atom. The third kappa shape index (κ3) is 4.42. The van der Waals surface area contributed by atoms with E-state index in [0.29, 0.717) is 22.5 Å². The van der Waals surface area contributed by atoms with Crippen LogP contribution < -0.4 is 21.8 Å². The molecule has 0 aliphatic carbocycles. The first-order chi connectivity index (χ1) is 13.0. The average Bonchev–Trinajstić information content (AvgIpc) is 2.66. The van der Waals surface area contributed by atoms with E-state index < -0.39 is 11.8 Å². The van der Waals surface area contributed by atoms with Crippen molar-refractivity contribution < 1.29 is 14.2 Å². The van der Waals surface area contributed by atoms with E-state index in [1.54, 1.807) is 42.5 Å². The zero-order chi connectivity index (χ0) is 19.4. The second-order valence-corrected chi connectivity index (χ2v) is 5.97. The molecular formula is C19H17BFN4O2. The molecule has 3 rings (SSSR count). The molecule has 1 heterocycles. The maximum atomic E-state index is 13.7. The van der Waals surface area contributed by atoms with Gasteiger partial charge in [0.25, 0.3) is 0 Å². The largest absolute Gasteiger partial charge is 0.450 e. The Hall–Kier alpha value is -3.39. The molecule has 0 aliphatic heterocycles. The Bertz CT molecular complexity index is 980. The summed E-state index contributed by atoms with van der Waals surface area (Å²) in [6.07, 6.45) is 1.46. The summed E-state index contributed by atoms with van der Waals surface area (Å²) < 4.78 is 13.7. The number of nitrogens with zero attached hydrogens (tertiary/aromatic N) is 1. The highest BCUT2D eigenvalue weighted by Crippen LogP contribution is 2.25. The minimum absolute atomic E-state index is 0.111. The number of rotatable bonds is 4. The van der Waals surface area contributed by atoms with Crippen molar-refractivity contribution in [3.8, 4) is 11.1 Å². The topological polar surface area (TPSA) is 100 Å². The van der Waals surface area contributed by atoms with Crippen LogP contribution in [0.4, 0.5) is 26.4 Å². The maximum absolute atomic E-state index is 13.7. The molecule has 0 atom stereocenters. The third-order valence-electron chi connectivity index (χ3n) is 3.91. The molecule has 2 aromatic carbocycles. The van der Waals surface area contributed by atoms with Crippen LogP contribution >= 0.6 is 0 Å². The number of carbonyl (C=O) groups is 1. The van der Waals surface area contributed by atoms with E-state index in [0.717, 1.165) is 18.6 Å². The first-order valence-corrected chi connectivity index (χ1v) is 8.14. The van der Waals surface area contributed by atoms with Crippen LogP contribution in [0.15, 0.2) is 54.7 Å². The smallest absolute Gasteiger partial charge is 0.328 e. The minimum Gasteiger partial charge on any atom is -0.450 e. The highest BCUT2D eigenvalue weighted by molar-refractivity contribution is 6.45. The molecule has 0 aliphatic rings. The van der Waals surface area contributed by atoms with Crippen molar-refractivity contribution in [2.24, 2.45) is 0 Å². The number of halogens is 1. The molecular weight excluding hydrogens is 346 g/mol. The SMILES string of the molecule is Cc1ccc(F)c(NC(=O)Nc2ccc(-c3cc([B]O)cnc3N)cc2)c1. The molecule has 8 heteroatoms. The molecule has 1 aromatic heterocycles. The van der Waals surface area contributed by atoms with Crippen molar-refractivity contribution in [2.45, 2.75) is 6.92 Å². The van der Waals surface area contributed by atoms with Gasteiger partial charge in [0.05, 0.1) is 5.69 Å². The van der Waals surface area contributed by atoms with E-state index >= 15 is 0 Å². The Morgan fingerprint density at radius 1 is 1.15 bits per heavy atom. The average molecular weight is 363 g/mol. The molecule has 0 unspecified atom stereocenters. The van der Waals surface area contributed by atoms with Gasteiger partial charge in [0.2, 0.25) is 0 Å². The molecule has 135 valence electrons. The number of hydrogen-bond donors (Lipinski definition) is 4. The summed E-state index contributed by atoms with van der Waals surface area (Å²) >= 11 is 0. The van der Waals surface area contributed by atoms with Crippen LogP contribution in [0.2, 0.25) is 0 Å². The van der Waals surface area contributed by atoms with Crippen LogP contribution in [0.25, 0.3) is 11.1 Å². The number of aryl methyl sites for hydroxylation is 1. The summed E-state index contributed by atoms with van der Waals surface area (Å²) in [5.74, 6) is -0.177. The number of aromatic nitrogens is 1. The van der Waals surface area contributed by atoms with Gasteiger partial charge >= 0.3 is 13.5 Å². The van der Waals surface area contributed by atoms with Gasteiger partial charge in [0.1, 0.15) is 11.6 Å². The minimum atomic E-state index is -0.551. The van der Waals surface area contributed by atoms with Crippen LogP contribution in [0, 0.1) is 12.7 Å². The first-order valence-electron chi connectivity index (χ1n) is 8.14. The predicted molar refractivity (Wildman–Crippen MR) is 105 cm³/mol. The Morgan fingerprint density at radius 3 is 2.59 bits per heavy atom.